The van der Waals surface area contributed by atoms with Crippen molar-refractivity contribution in [3.8, 4) is 5.75 Å². The Labute approximate surface area is 196 Å². The molecule has 0 bridgehead atoms. The van der Waals surface area contributed by atoms with Crippen LogP contribution in [0.3, 0.4) is 0 Å². The van der Waals surface area contributed by atoms with Crippen LogP contribution in [-0.2, 0) is 22.4 Å². The fraction of sp³-hybridized carbons (Fsp3) is 0.148. The SMILES string of the molecule is CCc1ccccc1N1C(=O)NC(=O)/C(=C/c2ccc(OC)cc2Cc2cccc(F)c2)C1=O. The van der Waals surface area contributed by atoms with Crippen molar-refractivity contribution in [3.05, 3.63) is 100 Å². The summed E-state index contributed by atoms with van der Waals surface area (Å²) in [4.78, 5) is 39.6. The molecule has 1 heterocycles. The zero-order valence-corrected chi connectivity index (χ0v) is 18.8. The first-order chi connectivity index (χ1) is 16.4. The predicted molar refractivity (Wildman–Crippen MR) is 127 cm³/mol. The van der Waals surface area contributed by atoms with Crippen molar-refractivity contribution in [1.82, 2.24) is 5.32 Å². The number of methoxy groups -OCH3 is 1. The molecule has 0 aromatic heterocycles. The molecule has 0 radical (unpaired) electrons. The number of hydrogen-bond donors (Lipinski definition) is 1. The number of para-hydroxylation sites is 1. The van der Waals surface area contributed by atoms with Gasteiger partial charge in [-0.25, -0.2) is 14.1 Å². The molecule has 0 saturated carbocycles. The molecule has 3 aromatic carbocycles. The molecule has 0 spiro atoms. The summed E-state index contributed by atoms with van der Waals surface area (Å²) in [6.45, 7) is 1.92. The number of anilines is 1. The van der Waals surface area contributed by atoms with E-state index in [9.17, 15) is 18.8 Å². The first kappa shape index (κ1) is 22.9. The van der Waals surface area contributed by atoms with Crippen LogP contribution in [0, 0.1) is 5.82 Å². The number of barbiturate groups is 1. The lowest BCUT2D eigenvalue weighted by atomic mass is 9.96. The second kappa shape index (κ2) is 9.70. The van der Waals surface area contributed by atoms with Crippen LogP contribution < -0.4 is 15.0 Å². The maximum absolute atomic E-state index is 13.7. The van der Waals surface area contributed by atoms with Crippen molar-refractivity contribution >= 4 is 29.6 Å². The van der Waals surface area contributed by atoms with Crippen molar-refractivity contribution in [2.75, 3.05) is 12.0 Å². The minimum atomic E-state index is -0.789. The van der Waals surface area contributed by atoms with Crippen LogP contribution in [0.2, 0.25) is 0 Å². The number of amides is 4. The Kier molecular flexibility index (Phi) is 6.54. The van der Waals surface area contributed by atoms with E-state index in [4.69, 9.17) is 4.74 Å². The number of nitrogens with one attached hydrogen (secondary N) is 1. The number of benzene rings is 3. The van der Waals surface area contributed by atoms with E-state index in [2.05, 4.69) is 5.32 Å². The van der Waals surface area contributed by atoms with E-state index in [0.717, 1.165) is 21.6 Å². The number of urea groups is 1. The Balaban J connectivity index is 1.77. The number of rotatable bonds is 6. The summed E-state index contributed by atoms with van der Waals surface area (Å²) >= 11 is 0. The normalized spacial score (nSPS) is 15.0. The lowest BCUT2D eigenvalue weighted by molar-refractivity contribution is -0.122. The molecule has 1 fully saturated rings. The van der Waals surface area contributed by atoms with Gasteiger partial charge >= 0.3 is 6.03 Å². The van der Waals surface area contributed by atoms with Crippen LogP contribution in [0.4, 0.5) is 14.9 Å². The molecule has 3 aromatic rings. The Morgan fingerprint density at radius 3 is 2.50 bits per heavy atom. The lowest BCUT2D eigenvalue weighted by Crippen LogP contribution is -2.54. The van der Waals surface area contributed by atoms with E-state index in [0.29, 0.717) is 29.8 Å². The zero-order chi connectivity index (χ0) is 24.2. The summed E-state index contributed by atoms with van der Waals surface area (Å²) in [5.74, 6) is -1.25. The van der Waals surface area contributed by atoms with Gasteiger partial charge in [-0.2, -0.15) is 0 Å². The summed E-state index contributed by atoms with van der Waals surface area (Å²) in [6, 6.07) is 17.7. The highest BCUT2D eigenvalue weighted by atomic mass is 19.1. The predicted octanol–water partition coefficient (Wildman–Crippen LogP) is 4.65. The quantitative estimate of drug-likeness (QED) is 0.431. The molecule has 1 N–H and O–H groups in total. The van der Waals surface area contributed by atoms with E-state index < -0.39 is 17.8 Å². The molecule has 6 nitrogen and oxygen atoms in total. The maximum Gasteiger partial charge on any atom is 0.335 e. The second-order valence-corrected chi connectivity index (χ2v) is 7.81. The van der Waals surface area contributed by atoms with Gasteiger partial charge in [-0.1, -0.05) is 43.3 Å². The Hall–Kier alpha value is -4.26. The van der Waals surface area contributed by atoms with Gasteiger partial charge in [0.1, 0.15) is 17.1 Å². The van der Waals surface area contributed by atoms with Gasteiger partial charge in [0.2, 0.25) is 0 Å². The number of hydrogen-bond acceptors (Lipinski definition) is 4. The molecule has 34 heavy (non-hydrogen) atoms. The van der Waals surface area contributed by atoms with E-state index in [1.54, 1.807) is 42.5 Å². The number of carbonyl (C=O) groups is 3. The third-order valence-corrected chi connectivity index (χ3v) is 5.65. The van der Waals surface area contributed by atoms with Crippen molar-refractivity contribution in [3.63, 3.8) is 0 Å². The molecular formula is C27H23FN2O4. The van der Waals surface area contributed by atoms with Gasteiger partial charge in [0.25, 0.3) is 11.8 Å². The van der Waals surface area contributed by atoms with Crippen LogP contribution >= 0.6 is 0 Å². The Morgan fingerprint density at radius 1 is 0.971 bits per heavy atom. The summed E-state index contributed by atoms with van der Waals surface area (Å²) < 4.78 is 19.0. The Bertz CT molecular complexity index is 1320. The molecule has 1 aliphatic rings. The van der Waals surface area contributed by atoms with Crippen molar-refractivity contribution in [2.24, 2.45) is 0 Å². The summed E-state index contributed by atoms with van der Waals surface area (Å²) in [5, 5.41) is 2.26. The molecule has 4 rings (SSSR count). The minimum Gasteiger partial charge on any atom is -0.497 e. The molecule has 1 aliphatic heterocycles. The lowest BCUT2D eigenvalue weighted by Gasteiger charge is -2.28. The summed E-state index contributed by atoms with van der Waals surface area (Å²) in [6.07, 6.45) is 2.42. The highest BCUT2D eigenvalue weighted by Crippen LogP contribution is 2.28. The van der Waals surface area contributed by atoms with Crippen LogP contribution in [0.15, 0.2) is 72.3 Å². The molecule has 172 valence electrons. The number of imide groups is 2. The van der Waals surface area contributed by atoms with Crippen LogP contribution in [0.1, 0.15) is 29.2 Å². The van der Waals surface area contributed by atoms with Crippen molar-refractivity contribution in [1.29, 1.82) is 0 Å². The van der Waals surface area contributed by atoms with E-state index in [1.807, 2.05) is 19.1 Å². The standard InChI is InChI=1S/C27H23FN2O4/c1-3-18-8-4-5-10-24(18)30-26(32)23(25(31)29-27(30)33)16-19-11-12-22(34-2)15-20(19)13-17-7-6-9-21(28)14-17/h4-12,14-16H,3,13H2,1-2H3,(H,29,31,33)/b23-16-. The Morgan fingerprint density at radius 2 is 1.76 bits per heavy atom. The van der Waals surface area contributed by atoms with Gasteiger partial charge in [-0.3, -0.25) is 14.9 Å². The van der Waals surface area contributed by atoms with Crippen LogP contribution in [0.25, 0.3) is 6.08 Å². The fourth-order valence-electron chi connectivity index (χ4n) is 3.93. The smallest absolute Gasteiger partial charge is 0.335 e. The molecule has 7 heteroatoms. The second-order valence-electron chi connectivity index (χ2n) is 7.81. The monoisotopic (exact) mass is 458 g/mol. The number of halogens is 1. The molecule has 0 atom stereocenters. The first-order valence-corrected chi connectivity index (χ1v) is 10.8. The number of aryl methyl sites for hydroxylation is 1. The van der Waals surface area contributed by atoms with Gasteiger partial charge in [-0.15, -0.1) is 0 Å². The number of ether oxygens (including phenoxy) is 1. The van der Waals surface area contributed by atoms with Gasteiger partial charge in [0, 0.05) is 0 Å². The van der Waals surface area contributed by atoms with Gasteiger partial charge in [-0.05, 0) is 71.5 Å². The van der Waals surface area contributed by atoms with Crippen molar-refractivity contribution in [2.45, 2.75) is 19.8 Å². The third kappa shape index (κ3) is 4.59. The fourth-order valence-corrected chi connectivity index (χ4v) is 3.93. The van der Waals surface area contributed by atoms with Crippen LogP contribution in [-0.4, -0.2) is 25.0 Å². The highest BCUT2D eigenvalue weighted by molar-refractivity contribution is 6.39. The third-order valence-electron chi connectivity index (χ3n) is 5.65. The van der Waals surface area contributed by atoms with E-state index in [-0.39, 0.29) is 11.4 Å². The molecule has 0 unspecified atom stereocenters. The maximum atomic E-state index is 13.7. The van der Waals surface area contributed by atoms with E-state index in [1.165, 1.54) is 25.3 Å². The van der Waals surface area contributed by atoms with Gasteiger partial charge in [0.05, 0.1) is 12.8 Å². The summed E-state index contributed by atoms with van der Waals surface area (Å²) in [5.41, 5.74) is 3.10. The molecule has 4 amide bonds. The van der Waals surface area contributed by atoms with E-state index >= 15 is 0 Å². The molecule has 1 saturated heterocycles. The topological polar surface area (TPSA) is 75.7 Å². The zero-order valence-electron chi connectivity index (χ0n) is 18.8. The van der Waals surface area contributed by atoms with Gasteiger partial charge < -0.3 is 4.74 Å². The number of carbonyl (C=O) groups excluding carboxylic acids is 3. The van der Waals surface area contributed by atoms with Gasteiger partial charge in [0.15, 0.2) is 0 Å². The highest BCUT2D eigenvalue weighted by Gasteiger charge is 2.37. The number of nitrogens with zero attached hydrogens (tertiary/aromatic N) is 1. The minimum absolute atomic E-state index is 0.170. The first-order valence-electron chi connectivity index (χ1n) is 10.8. The average molecular weight is 458 g/mol. The summed E-state index contributed by atoms with van der Waals surface area (Å²) in [7, 11) is 1.53. The van der Waals surface area contributed by atoms with Crippen molar-refractivity contribution < 1.29 is 23.5 Å². The molecular weight excluding hydrogens is 435 g/mol. The van der Waals surface area contributed by atoms with Crippen LogP contribution in [0.5, 0.6) is 5.75 Å². The average Bonchev–Trinajstić information content (AvgIpc) is 2.82. The molecule has 0 aliphatic carbocycles. The largest absolute Gasteiger partial charge is 0.497 e.